The van der Waals surface area contributed by atoms with Gasteiger partial charge in [0.05, 0.1) is 48.1 Å². The van der Waals surface area contributed by atoms with E-state index in [0.29, 0.717) is 22.5 Å². The molecule has 200 valence electrons. The van der Waals surface area contributed by atoms with E-state index in [1.807, 2.05) is 4.57 Å². The number of aromatic nitrogens is 1. The minimum atomic E-state index is -1.27. The maximum absolute atomic E-state index is 13.1. The van der Waals surface area contributed by atoms with Crippen molar-refractivity contribution < 1.29 is 29.0 Å². The minimum Gasteiger partial charge on any atom is -0.494 e. The lowest BCUT2D eigenvalue weighted by atomic mass is 9.96. The van der Waals surface area contributed by atoms with Crippen molar-refractivity contribution in [3.63, 3.8) is 0 Å². The number of fused-ring (bicyclic) bond motifs is 2. The number of carboxylic acids is 1. The van der Waals surface area contributed by atoms with E-state index in [-0.39, 0.29) is 23.4 Å². The Morgan fingerprint density at radius 3 is 2.61 bits per heavy atom. The molecule has 2 aliphatic rings. The number of aryl methyl sites for hydroxylation is 1. The summed E-state index contributed by atoms with van der Waals surface area (Å²) in [6.07, 6.45) is 6.59. The number of anilines is 1. The maximum Gasteiger partial charge on any atom is 0.341 e. The van der Waals surface area contributed by atoms with Crippen molar-refractivity contribution in [2.75, 3.05) is 19.5 Å². The summed E-state index contributed by atoms with van der Waals surface area (Å²) in [4.78, 5) is 51.5. The van der Waals surface area contributed by atoms with Gasteiger partial charge in [0.25, 0.3) is 0 Å². The Morgan fingerprint density at radius 1 is 1.21 bits per heavy atom. The molecule has 0 unspecified atom stereocenters. The Balaban J connectivity index is 1.69. The fourth-order valence-electron chi connectivity index (χ4n) is 5.06. The molecule has 1 atom stereocenters. The topological polar surface area (TPSA) is 150 Å². The van der Waals surface area contributed by atoms with Crippen LogP contribution in [-0.2, 0) is 27.2 Å². The lowest BCUT2D eigenvalue weighted by Gasteiger charge is -2.19. The summed E-state index contributed by atoms with van der Waals surface area (Å²) in [5, 5.41) is 12.9. The molecule has 3 aromatic rings. The van der Waals surface area contributed by atoms with E-state index in [1.165, 1.54) is 20.4 Å². The van der Waals surface area contributed by atoms with Crippen LogP contribution in [0.5, 0.6) is 5.75 Å². The zero-order chi connectivity index (χ0) is 27.1. The molecule has 2 aromatic heterocycles. The van der Waals surface area contributed by atoms with E-state index in [4.69, 9.17) is 10.5 Å². The molecule has 0 saturated heterocycles. The molecule has 0 bridgehead atoms. The number of nitrogens with two attached hydrogens (primary N) is 1. The van der Waals surface area contributed by atoms with E-state index >= 15 is 0 Å². The molecule has 0 aliphatic heterocycles. The van der Waals surface area contributed by atoms with E-state index in [9.17, 15) is 24.3 Å². The molecule has 0 spiro atoms. The quantitative estimate of drug-likeness (QED) is 0.368. The molecule has 4 N–H and O–H groups in total. The first-order valence-electron chi connectivity index (χ1n) is 12.5. The Hall–Kier alpha value is -3.70. The van der Waals surface area contributed by atoms with Crippen molar-refractivity contribution in [3.05, 3.63) is 44.6 Å². The number of esters is 1. The number of carboxylic acid groups (broad SMARTS) is 1. The number of thiophene rings is 1. The smallest absolute Gasteiger partial charge is 0.341 e. The number of amides is 1. The van der Waals surface area contributed by atoms with Crippen molar-refractivity contribution in [1.29, 1.82) is 0 Å². The molecule has 1 fully saturated rings. The van der Waals surface area contributed by atoms with Gasteiger partial charge >= 0.3 is 11.9 Å². The molecule has 1 amide bonds. The van der Waals surface area contributed by atoms with Gasteiger partial charge in [0.15, 0.2) is 5.75 Å². The monoisotopic (exact) mass is 539 g/mol. The molecule has 11 heteroatoms. The van der Waals surface area contributed by atoms with Crippen LogP contribution in [-0.4, -0.2) is 47.8 Å². The number of rotatable bonds is 8. The predicted octanol–water partition coefficient (Wildman–Crippen LogP) is 3.48. The highest BCUT2D eigenvalue weighted by atomic mass is 32.1. The third-order valence-electron chi connectivity index (χ3n) is 7.14. The number of methoxy groups -OCH3 is 2. The molecule has 1 saturated carbocycles. The average molecular weight is 540 g/mol. The first-order valence-corrected chi connectivity index (χ1v) is 13.3. The van der Waals surface area contributed by atoms with E-state index in [0.717, 1.165) is 53.8 Å². The van der Waals surface area contributed by atoms with E-state index in [2.05, 4.69) is 10.1 Å². The molecule has 2 aliphatic carbocycles. The van der Waals surface area contributed by atoms with Crippen LogP contribution in [0, 0.1) is 0 Å². The summed E-state index contributed by atoms with van der Waals surface area (Å²) in [6.45, 7) is 0. The predicted molar refractivity (Wildman–Crippen MR) is 143 cm³/mol. The number of nitrogens with zero attached hydrogens (tertiary/aromatic N) is 1. The number of hydrogen-bond donors (Lipinski definition) is 3. The van der Waals surface area contributed by atoms with Gasteiger partial charge in [-0.25, -0.2) is 4.79 Å². The number of carbonyl (C=O) groups excluding carboxylic acids is 2. The first-order chi connectivity index (χ1) is 18.2. The number of benzene rings is 1. The zero-order valence-electron chi connectivity index (χ0n) is 21.2. The van der Waals surface area contributed by atoms with Gasteiger partial charge in [0, 0.05) is 22.7 Å². The van der Waals surface area contributed by atoms with Crippen molar-refractivity contribution in [2.24, 2.45) is 5.73 Å². The highest BCUT2D eigenvalue weighted by Gasteiger charge is 2.31. The molecular weight excluding hydrogens is 510 g/mol. The van der Waals surface area contributed by atoms with Gasteiger partial charge in [-0.15, -0.1) is 11.3 Å². The standard InChI is InChI=1S/C27H29N3O7S/c1-36-20(31)11-18(28)26(33)29-21-14-5-3-4-6-19(14)38-25(21)16-10-9-15-22(24(16)37-2)30(13-7-8-13)12-17(23(15)32)27(34)35/h9-10,12-13,18H,3-8,11,28H2,1-2H3,(H,29,33)(H,34,35)/t18-/m1/s1. The number of pyridine rings is 1. The fourth-order valence-corrected chi connectivity index (χ4v) is 6.42. The molecule has 5 rings (SSSR count). The lowest BCUT2D eigenvalue weighted by molar-refractivity contribution is -0.142. The second-order valence-corrected chi connectivity index (χ2v) is 10.8. The summed E-state index contributed by atoms with van der Waals surface area (Å²) >= 11 is 1.56. The molecule has 2 heterocycles. The summed E-state index contributed by atoms with van der Waals surface area (Å²) < 4.78 is 12.4. The van der Waals surface area contributed by atoms with Gasteiger partial charge in [-0.2, -0.15) is 0 Å². The van der Waals surface area contributed by atoms with Crippen molar-refractivity contribution in [3.8, 4) is 16.2 Å². The van der Waals surface area contributed by atoms with Crippen LogP contribution in [0.3, 0.4) is 0 Å². The molecule has 38 heavy (non-hydrogen) atoms. The largest absolute Gasteiger partial charge is 0.494 e. The van der Waals surface area contributed by atoms with Crippen molar-refractivity contribution >= 4 is 45.8 Å². The van der Waals surface area contributed by atoms with Gasteiger partial charge < -0.3 is 30.2 Å². The normalized spacial score (nSPS) is 15.6. The van der Waals surface area contributed by atoms with Crippen LogP contribution in [0.4, 0.5) is 5.69 Å². The molecule has 0 radical (unpaired) electrons. The number of hydrogen-bond acceptors (Lipinski definition) is 8. The first kappa shape index (κ1) is 25.9. The number of nitrogens with one attached hydrogen (secondary N) is 1. The Kier molecular flexibility index (Phi) is 6.97. The van der Waals surface area contributed by atoms with Crippen LogP contribution in [0.25, 0.3) is 21.3 Å². The number of aromatic carboxylic acids is 1. The van der Waals surface area contributed by atoms with Gasteiger partial charge in [0.1, 0.15) is 5.56 Å². The summed E-state index contributed by atoms with van der Waals surface area (Å²) in [5.74, 6) is -1.90. The fraction of sp³-hybridized carbons (Fsp3) is 0.407. The highest BCUT2D eigenvalue weighted by molar-refractivity contribution is 7.16. The summed E-state index contributed by atoms with van der Waals surface area (Å²) in [6, 6.07) is 2.37. The lowest BCUT2D eigenvalue weighted by Crippen LogP contribution is -2.38. The van der Waals surface area contributed by atoms with Crippen LogP contribution in [0.1, 0.15) is 58.9 Å². The summed E-state index contributed by atoms with van der Waals surface area (Å²) in [5.41, 5.74) is 8.05. The zero-order valence-corrected chi connectivity index (χ0v) is 22.0. The number of carbonyl (C=O) groups is 3. The second kappa shape index (κ2) is 10.2. The maximum atomic E-state index is 13.1. The van der Waals surface area contributed by atoms with E-state index in [1.54, 1.807) is 23.5 Å². The Bertz CT molecular complexity index is 1520. The SMILES string of the molecule is COC(=O)C[C@@H](N)C(=O)Nc1c(-c2ccc3c(=O)c(C(=O)O)cn(C4CC4)c3c2OC)sc2c1CCCC2. The molecule has 1 aromatic carbocycles. The van der Waals surface area contributed by atoms with Gasteiger partial charge in [0.2, 0.25) is 11.3 Å². The van der Waals surface area contributed by atoms with Gasteiger partial charge in [-0.05, 0) is 56.2 Å². The summed E-state index contributed by atoms with van der Waals surface area (Å²) in [7, 11) is 2.76. The van der Waals surface area contributed by atoms with Gasteiger partial charge in [-0.1, -0.05) is 0 Å². The Labute approximate surface area is 222 Å². The third-order valence-corrected chi connectivity index (χ3v) is 8.46. The van der Waals surface area contributed by atoms with Crippen LogP contribution in [0.15, 0.2) is 23.1 Å². The average Bonchev–Trinajstić information content (AvgIpc) is 3.69. The minimum absolute atomic E-state index is 0.0763. The van der Waals surface area contributed by atoms with Crippen molar-refractivity contribution in [1.82, 2.24) is 4.57 Å². The highest BCUT2D eigenvalue weighted by Crippen LogP contribution is 2.49. The third kappa shape index (κ3) is 4.56. The van der Waals surface area contributed by atoms with Crippen LogP contribution in [0.2, 0.25) is 0 Å². The number of ether oxygens (including phenoxy) is 2. The van der Waals surface area contributed by atoms with E-state index < -0.39 is 29.3 Å². The molecule has 10 nitrogen and oxygen atoms in total. The van der Waals surface area contributed by atoms with Crippen molar-refractivity contribution in [2.45, 2.75) is 57.0 Å². The second-order valence-electron chi connectivity index (χ2n) is 9.65. The Morgan fingerprint density at radius 2 is 1.95 bits per heavy atom. The van der Waals surface area contributed by atoms with Crippen LogP contribution >= 0.6 is 11.3 Å². The van der Waals surface area contributed by atoms with Crippen LogP contribution < -0.4 is 21.2 Å². The van der Waals surface area contributed by atoms with Gasteiger partial charge in [-0.3, -0.25) is 14.4 Å². The molecular formula is C27H29N3O7S.